The van der Waals surface area contributed by atoms with Crippen LogP contribution in [0.4, 0.5) is 8.78 Å². The Hall–Kier alpha value is -2.30. The first-order valence-corrected chi connectivity index (χ1v) is 6.51. The first-order chi connectivity index (χ1) is 9.81. The lowest BCUT2D eigenvalue weighted by atomic mass is 10.0. The summed E-state index contributed by atoms with van der Waals surface area (Å²) < 4.78 is 27.6. The molecule has 0 saturated carbocycles. The SMILES string of the molecule is Cc1cc(F)c(-c2ccc(C(=O)O)c(C(C)C)n2)cc1F. The predicted molar refractivity (Wildman–Crippen MR) is 75.4 cm³/mol. The molecule has 0 bridgehead atoms. The molecule has 0 amide bonds. The highest BCUT2D eigenvalue weighted by molar-refractivity contribution is 5.89. The molecule has 0 spiro atoms. The van der Waals surface area contributed by atoms with Crippen molar-refractivity contribution < 1.29 is 18.7 Å². The van der Waals surface area contributed by atoms with Crippen molar-refractivity contribution in [2.75, 3.05) is 0 Å². The summed E-state index contributed by atoms with van der Waals surface area (Å²) in [6.07, 6.45) is 0. The first kappa shape index (κ1) is 15.1. The van der Waals surface area contributed by atoms with Gasteiger partial charge in [0.25, 0.3) is 0 Å². The largest absolute Gasteiger partial charge is 0.478 e. The van der Waals surface area contributed by atoms with Crippen LogP contribution in [0.2, 0.25) is 0 Å². The summed E-state index contributed by atoms with van der Waals surface area (Å²) >= 11 is 0. The van der Waals surface area contributed by atoms with Crippen molar-refractivity contribution in [1.82, 2.24) is 4.98 Å². The zero-order valence-electron chi connectivity index (χ0n) is 11.9. The average molecular weight is 291 g/mol. The summed E-state index contributed by atoms with van der Waals surface area (Å²) in [6.45, 7) is 5.07. The molecule has 0 atom stereocenters. The lowest BCUT2D eigenvalue weighted by Crippen LogP contribution is -2.07. The molecule has 0 fully saturated rings. The van der Waals surface area contributed by atoms with Crippen LogP contribution in [0.3, 0.4) is 0 Å². The van der Waals surface area contributed by atoms with E-state index in [9.17, 15) is 13.6 Å². The van der Waals surface area contributed by atoms with Gasteiger partial charge in [0.15, 0.2) is 0 Å². The van der Waals surface area contributed by atoms with Gasteiger partial charge in [0.05, 0.1) is 17.0 Å². The van der Waals surface area contributed by atoms with Crippen molar-refractivity contribution in [3.05, 3.63) is 52.7 Å². The minimum atomic E-state index is -1.09. The van der Waals surface area contributed by atoms with Gasteiger partial charge in [-0.2, -0.15) is 0 Å². The van der Waals surface area contributed by atoms with Crippen molar-refractivity contribution in [2.45, 2.75) is 26.7 Å². The van der Waals surface area contributed by atoms with E-state index in [1.54, 1.807) is 13.8 Å². The number of aryl methyl sites for hydroxylation is 1. The Balaban J connectivity index is 2.63. The van der Waals surface area contributed by atoms with Crippen LogP contribution in [0.5, 0.6) is 0 Å². The maximum atomic E-state index is 14.0. The van der Waals surface area contributed by atoms with Gasteiger partial charge in [-0.15, -0.1) is 0 Å². The molecule has 0 unspecified atom stereocenters. The Labute approximate surface area is 121 Å². The topological polar surface area (TPSA) is 50.2 Å². The highest BCUT2D eigenvalue weighted by atomic mass is 19.1. The molecule has 0 aliphatic rings. The van der Waals surface area contributed by atoms with E-state index in [4.69, 9.17) is 5.11 Å². The van der Waals surface area contributed by atoms with Crippen molar-refractivity contribution in [1.29, 1.82) is 0 Å². The second-order valence-electron chi connectivity index (χ2n) is 5.17. The lowest BCUT2D eigenvalue weighted by Gasteiger charge is -2.12. The Morgan fingerprint density at radius 3 is 2.43 bits per heavy atom. The number of carboxylic acids is 1. The van der Waals surface area contributed by atoms with Gasteiger partial charge in [-0.05, 0) is 42.7 Å². The van der Waals surface area contributed by atoms with E-state index in [-0.39, 0.29) is 28.3 Å². The second kappa shape index (κ2) is 5.60. The molecule has 5 heteroatoms. The number of rotatable bonds is 3. The van der Waals surface area contributed by atoms with E-state index in [1.165, 1.54) is 19.1 Å². The molecule has 21 heavy (non-hydrogen) atoms. The number of hydrogen-bond acceptors (Lipinski definition) is 2. The second-order valence-corrected chi connectivity index (χ2v) is 5.17. The number of benzene rings is 1. The Kier molecular flexibility index (Phi) is 4.02. The molecule has 0 radical (unpaired) electrons. The van der Waals surface area contributed by atoms with Crippen molar-refractivity contribution in [3.63, 3.8) is 0 Å². The van der Waals surface area contributed by atoms with E-state index in [1.807, 2.05) is 0 Å². The number of aromatic carboxylic acids is 1. The third-order valence-electron chi connectivity index (χ3n) is 3.23. The minimum absolute atomic E-state index is 0.0249. The molecular formula is C16H15F2NO2. The van der Waals surface area contributed by atoms with Crippen LogP contribution in [-0.2, 0) is 0 Å². The molecule has 1 aromatic heterocycles. The number of hydrogen-bond donors (Lipinski definition) is 1. The average Bonchev–Trinajstić information content (AvgIpc) is 2.42. The van der Waals surface area contributed by atoms with Crippen LogP contribution in [0.1, 0.15) is 41.4 Å². The third kappa shape index (κ3) is 2.91. The van der Waals surface area contributed by atoms with Gasteiger partial charge in [-0.25, -0.2) is 13.6 Å². The number of carboxylic acid groups (broad SMARTS) is 1. The highest BCUT2D eigenvalue weighted by Crippen LogP contribution is 2.27. The van der Waals surface area contributed by atoms with Crippen LogP contribution < -0.4 is 0 Å². The van der Waals surface area contributed by atoms with Crippen LogP contribution in [0.25, 0.3) is 11.3 Å². The maximum Gasteiger partial charge on any atom is 0.337 e. The quantitative estimate of drug-likeness (QED) is 0.924. The van der Waals surface area contributed by atoms with Crippen molar-refractivity contribution in [3.8, 4) is 11.3 Å². The zero-order chi connectivity index (χ0) is 15.7. The molecule has 1 aromatic carbocycles. The molecule has 0 aliphatic carbocycles. The number of aromatic nitrogens is 1. The third-order valence-corrected chi connectivity index (χ3v) is 3.23. The number of carbonyl (C=O) groups is 1. The van der Waals surface area contributed by atoms with Gasteiger partial charge >= 0.3 is 5.97 Å². The van der Waals surface area contributed by atoms with E-state index < -0.39 is 17.6 Å². The summed E-state index contributed by atoms with van der Waals surface area (Å²) in [5.74, 6) is -2.34. The van der Waals surface area contributed by atoms with E-state index in [0.29, 0.717) is 5.69 Å². The van der Waals surface area contributed by atoms with Gasteiger partial charge in [0, 0.05) is 5.56 Å². The lowest BCUT2D eigenvalue weighted by molar-refractivity contribution is 0.0694. The summed E-state index contributed by atoms with van der Waals surface area (Å²) in [5, 5.41) is 9.14. The number of pyridine rings is 1. The molecule has 1 heterocycles. The summed E-state index contributed by atoms with van der Waals surface area (Å²) in [4.78, 5) is 15.4. The normalized spacial score (nSPS) is 11.0. The van der Waals surface area contributed by atoms with E-state index >= 15 is 0 Å². The molecule has 110 valence electrons. The first-order valence-electron chi connectivity index (χ1n) is 6.51. The van der Waals surface area contributed by atoms with E-state index in [0.717, 1.165) is 12.1 Å². The smallest absolute Gasteiger partial charge is 0.337 e. The Morgan fingerprint density at radius 2 is 1.86 bits per heavy atom. The fourth-order valence-corrected chi connectivity index (χ4v) is 2.09. The van der Waals surface area contributed by atoms with Crippen LogP contribution in [0, 0.1) is 18.6 Å². The molecule has 0 aliphatic heterocycles. The molecular weight excluding hydrogens is 276 g/mol. The highest BCUT2D eigenvalue weighted by Gasteiger charge is 2.17. The van der Waals surface area contributed by atoms with Crippen LogP contribution in [0.15, 0.2) is 24.3 Å². The minimum Gasteiger partial charge on any atom is -0.478 e. The molecule has 3 nitrogen and oxygen atoms in total. The Bertz CT molecular complexity index is 712. The fraction of sp³-hybridized carbons (Fsp3) is 0.250. The van der Waals surface area contributed by atoms with Gasteiger partial charge in [0.1, 0.15) is 11.6 Å². The standard InChI is InChI=1S/C16H15F2NO2/c1-8(2)15-10(16(20)21)4-5-14(19-15)11-7-12(17)9(3)6-13(11)18/h4-8H,1-3H3,(H,20,21). The van der Waals surface area contributed by atoms with Crippen molar-refractivity contribution >= 4 is 5.97 Å². The van der Waals surface area contributed by atoms with E-state index in [2.05, 4.69) is 4.98 Å². The van der Waals surface area contributed by atoms with Crippen molar-refractivity contribution in [2.24, 2.45) is 0 Å². The molecule has 2 rings (SSSR count). The maximum absolute atomic E-state index is 14.0. The monoisotopic (exact) mass is 291 g/mol. The van der Waals surface area contributed by atoms with Gasteiger partial charge in [-0.1, -0.05) is 13.8 Å². The van der Waals surface area contributed by atoms with Gasteiger partial charge in [0.2, 0.25) is 0 Å². The summed E-state index contributed by atoms with van der Waals surface area (Å²) in [5.41, 5.74) is 0.877. The summed E-state index contributed by atoms with van der Waals surface area (Å²) in [6, 6.07) is 4.95. The number of halogens is 2. The summed E-state index contributed by atoms with van der Waals surface area (Å²) in [7, 11) is 0. The van der Waals surface area contributed by atoms with Gasteiger partial charge < -0.3 is 5.11 Å². The molecule has 2 aromatic rings. The van der Waals surface area contributed by atoms with Gasteiger partial charge in [-0.3, -0.25) is 4.98 Å². The van der Waals surface area contributed by atoms with Crippen LogP contribution in [-0.4, -0.2) is 16.1 Å². The zero-order valence-corrected chi connectivity index (χ0v) is 11.9. The predicted octanol–water partition coefficient (Wildman–Crippen LogP) is 4.16. The van der Waals surface area contributed by atoms with Crippen LogP contribution >= 0.6 is 0 Å². The molecule has 0 saturated heterocycles. The fourth-order valence-electron chi connectivity index (χ4n) is 2.09. The molecule has 1 N–H and O–H groups in total. The Morgan fingerprint density at radius 1 is 1.19 bits per heavy atom. The number of nitrogens with zero attached hydrogens (tertiary/aromatic N) is 1.